The average molecular weight is 260 g/mol. The van der Waals surface area contributed by atoms with Gasteiger partial charge in [-0.05, 0) is 37.1 Å². The van der Waals surface area contributed by atoms with Crippen LogP contribution in [0.25, 0.3) is 0 Å². The molecule has 0 spiro atoms. The van der Waals surface area contributed by atoms with Crippen LogP contribution in [0.3, 0.4) is 0 Å². The highest BCUT2D eigenvalue weighted by atomic mass is 32.1. The van der Waals surface area contributed by atoms with Crippen molar-refractivity contribution in [2.75, 3.05) is 7.05 Å². The van der Waals surface area contributed by atoms with Crippen molar-refractivity contribution in [3.05, 3.63) is 51.5 Å². The number of aromatic nitrogens is 1. The van der Waals surface area contributed by atoms with E-state index in [1.165, 1.54) is 5.56 Å². The highest BCUT2D eigenvalue weighted by Crippen LogP contribution is 2.13. The predicted molar refractivity (Wildman–Crippen MR) is 73.8 cm³/mol. The Kier molecular flexibility index (Phi) is 3.77. The topological polar surface area (TPSA) is 33.2 Å². The minimum Gasteiger partial charge on any atom is -0.335 e. The van der Waals surface area contributed by atoms with Crippen LogP contribution in [0.4, 0.5) is 0 Å². The van der Waals surface area contributed by atoms with Gasteiger partial charge in [0.15, 0.2) is 0 Å². The molecule has 1 heterocycles. The molecule has 0 N–H and O–H groups in total. The van der Waals surface area contributed by atoms with Gasteiger partial charge in [-0.1, -0.05) is 6.07 Å². The number of hydrogen-bond acceptors (Lipinski definition) is 3. The molecule has 3 nitrogen and oxygen atoms in total. The second-order valence-electron chi connectivity index (χ2n) is 4.39. The van der Waals surface area contributed by atoms with Crippen LogP contribution in [-0.2, 0) is 6.54 Å². The zero-order valence-electron chi connectivity index (χ0n) is 10.8. The van der Waals surface area contributed by atoms with Crippen LogP contribution >= 0.6 is 11.3 Å². The largest absolute Gasteiger partial charge is 0.335 e. The number of hydrogen-bond donors (Lipinski definition) is 0. The van der Waals surface area contributed by atoms with Gasteiger partial charge in [0.05, 0.1) is 6.54 Å². The summed E-state index contributed by atoms with van der Waals surface area (Å²) in [5, 5.41) is 2.87. The van der Waals surface area contributed by atoms with E-state index >= 15 is 0 Å². The molecule has 0 aliphatic carbocycles. The van der Waals surface area contributed by atoms with Crippen LogP contribution in [0.15, 0.2) is 29.8 Å². The van der Waals surface area contributed by atoms with Crippen molar-refractivity contribution >= 4 is 17.2 Å². The highest BCUT2D eigenvalue weighted by molar-refractivity contribution is 7.09. The van der Waals surface area contributed by atoms with Gasteiger partial charge in [0.25, 0.3) is 5.91 Å². The third-order valence-corrected chi connectivity index (χ3v) is 3.72. The normalized spacial score (nSPS) is 10.4. The van der Waals surface area contributed by atoms with E-state index in [0.29, 0.717) is 6.54 Å². The lowest BCUT2D eigenvalue weighted by Crippen LogP contribution is -2.26. The quantitative estimate of drug-likeness (QED) is 0.850. The average Bonchev–Trinajstić information content (AvgIpc) is 2.84. The molecule has 0 radical (unpaired) electrons. The van der Waals surface area contributed by atoms with Crippen molar-refractivity contribution in [2.24, 2.45) is 0 Å². The van der Waals surface area contributed by atoms with E-state index in [9.17, 15) is 4.79 Å². The standard InChI is InChI=1S/C14H16N2OS/c1-10-4-5-12(8-11(10)2)14(17)16(3)9-13-15-6-7-18-13/h4-8H,9H2,1-3H3. The Morgan fingerprint density at radius 1 is 1.33 bits per heavy atom. The summed E-state index contributed by atoms with van der Waals surface area (Å²) >= 11 is 1.56. The molecule has 0 saturated carbocycles. The number of amides is 1. The minimum atomic E-state index is 0.0355. The van der Waals surface area contributed by atoms with Gasteiger partial charge >= 0.3 is 0 Å². The van der Waals surface area contributed by atoms with E-state index < -0.39 is 0 Å². The highest BCUT2D eigenvalue weighted by Gasteiger charge is 2.13. The van der Waals surface area contributed by atoms with Crippen LogP contribution in [0.5, 0.6) is 0 Å². The summed E-state index contributed by atoms with van der Waals surface area (Å²) < 4.78 is 0. The third-order valence-electron chi connectivity index (χ3n) is 2.96. The molecule has 94 valence electrons. The molecule has 2 rings (SSSR count). The zero-order chi connectivity index (χ0) is 13.1. The number of benzene rings is 1. The number of aryl methyl sites for hydroxylation is 2. The molecule has 1 amide bonds. The fraction of sp³-hybridized carbons (Fsp3) is 0.286. The SMILES string of the molecule is Cc1ccc(C(=O)N(C)Cc2nccs2)cc1C. The van der Waals surface area contributed by atoms with Crippen molar-refractivity contribution in [1.82, 2.24) is 9.88 Å². The summed E-state index contributed by atoms with van der Waals surface area (Å²) in [6.07, 6.45) is 1.76. The maximum absolute atomic E-state index is 12.2. The van der Waals surface area contributed by atoms with E-state index in [2.05, 4.69) is 4.98 Å². The molecule has 2 aromatic rings. The summed E-state index contributed by atoms with van der Waals surface area (Å²) in [6.45, 7) is 4.62. The Hall–Kier alpha value is -1.68. The van der Waals surface area contributed by atoms with Crippen LogP contribution in [0.2, 0.25) is 0 Å². The van der Waals surface area contributed by atoms with Gasteiger partial charge in [-0.2, -0.15) is 0 Å². The molecular weight excluding hydrogens is 244 g/mol. The summed E-state index contributed by atoms with van der Waals surface area (Å²) in [5.41, 5.74) is 3.08. The second-order valence-corrected chi connectivity index (χ2v) is 5.37. The number of carbonyl (C=O) groups is 1. The molecular formula is C14H16N2OS. The first-order valence-corrected chi connectivity index (χ1v) is 6.67. The van der Waals surface area contributed by atoms with Crippen molar-refractivity contribution in [3.63, 3.8) is 0 Å². The van der Waals surface area contributed by atoms with Crippen LogP contribution in [0, 0.1) is 13.8 Å². The molecule has 0 atom stereocenters. The number of thiazole rings is 1. The smallest absolute Gasteiger partial charge is 0.253 e. The maximum atomic E-state index is 12.2. The molecule has 0 aliphatic heterocycles. The monoisotopic (exact) mass is 260 g/mol. The number of nitrogens with zero attached hydrogens (tertiary/aromatic N) is 2. The lowest BCUT2D eigenvalue weighted by molar-refractivity contribution is 0.0785. The van der Waals surface area contributed by atoms with E-state index in [1.807, 2.05) is 37.4 Å². The molecule has 1 aromatic heterocycles. The predicted octanol–water partition coefficient (Wildman–Crippen LogP) is 3.03. The van der Waals surface area contributed by atoms with Crippen LogP contribution in [0.1, 0.15) is 26.5 Å². The summed E-state index contributed by atoms with van der Waals surface area (Å²) in [6, 6.07) is 5.80. The van der Waals surface area contributed by atoms with Gasteiger partial charge in [-0.25, -0.2) is 4.98 Å². The lowest BCUT2D eigenvalue weighted by atomic mass is 10.1. The number of carbonyl (C=O) groups excluding carboxylic acids is 1. The lowest BCUT2D eigenvalue weighted by Gasteiger charge is -2.16. The minimum absolute atomic E-state index is 0.0355. The van der Waals surface area contributed by atoms with Crippen molar-refractivity contribution < 1.29 is 4.79 Å². The van der Waals surface area contributed by atoms with Gasteiger partial charge in [-0.3, -0.25) is 4.79 Å². The van der Waals surface area contributed by atoms with Crippen molar-refractivity contribution in [1.29, 1.82) is 0 Å². The summed E-state index contributed by atoms with van der Waals surface area (Å²) in [7, 11) is 1.80. The van der Waals surface area contributed by atoms with Crippen molar-refractivity contribution in [3.8, 4) is 0 Å². The first-order chi connectivity index (χ1) is 8.58. The number of rotatable bonds is 3. The molecule has 4 heteroatoms. The first-order valence-electron chi connectivity index (χ1n) is 5.79. The van der Waals surface area contributed by atoms with Crippen LogP contribution < -0.4 is 0 Å². The summed E-state index contributed by atoms with van der Waals surface area (Å²) in [4.78, 5) is 18.1. The first kappa shape index (κ1) is 12.8. The molecule has 18 heavy (non-hydrogen) atoms. The zero-order valence-corrected chi connectivity index (χ0v) is 11.6. The van der Waals surface area contributed by atoms with E-state index in [4.69, 9.17) is 0 Å². The van der Waals surface area contributed by atoms with Gasteiger partial charge in [0.2, 0.25) is 0 Å². The van der Waals surface area contributed by atoms with Gasteiger partial charge < -0.3 is 4.90 Å². The Balaban J connectivity index is 2.12. The molecule has 0 bridgehead atoms. The fourth-order valence-corrected chi connectivity index (χ4v) is 2.37. The Labute approximate surface area is 111 Å². The molecule has 0 unspecified atom stereocenters. The second kappa shape index (κ2) is 5.31. The van der Waals surface area contributed by atoms with E-state index in [-0.39, 0.29) is 5.91 Å². The van der Waals surface area contributed by atoms with Gasteiger partial charge in [0.1, 0.15) is 5.01 Å². The Morgan fingerprint density at radius 3 is 2.72 bits per heavy atom. The van der Waals surface area contributed by atoms with Crippen molar-refractivity contribution in [2.45, 2.75) is 20.4 Å². The molecule has 0 aliphatic rings. The van der Waals surface area contributed by atoms with E-state index in [1.54, 1.807) is 29.5 Å². The van der Waals surface area contributed by atoms with Crippen LogP contribution in [-0.4, -0.2) is 22.8 Å². The maximum Gasteiger partial charge on any atom is 0.253 e. The van der Waals surface area contributed by atoms with Gasteiger partial charge in [0, 0.05) is 24.2 Å². The Bertz CT molecular complexity index is 549. The molecule has 0 saturated heterocycles. The molecule has 1 aromatic carbocycles. The van der Waals surface area contributed by atoms with E-state index in [0.717, 1.165) is 16.1 Å². The Morgan fingerprint density at radius 2 is 2.11 bits per heavy atom. The third kappa shape index (κ3) is 2.76. The fourth-order valence-electron chi connectivity index (χ4n) is 1.70. The molecule has 0 fully saturated rings. The summed E-state index contributed by atoms with van der Waals surface area (Å²) in [5.74, 6) is 0.0355. The van der Waals surface area contributed by atoms with Gasteiger partial charge in [-0.15, -0.1) is 11.3 Å².